The number of aromatic nitrogens is 4. The lowest BCUT2D eigenvalue weighted by Gasteiger charge is -2.06. The minimum Gasteiger partial charge on any atom is -0.354 e. The van der Waals surface area contributed by atoms with Crippen LogP contribution in [0.15, 0.2) is 65.6 Å². The fourth-order valence-corrected chi connectivity index (χ4v) is 3.08. The van der Waals surface area contributed by atoms with Crippen LogP contribution in [-0.2, 0) is 6.54 Å². The number of rotatable bonds is 5. The van der Waals surface area contributed by atoms with Gasteiger partial charge in [0.2, 0.25) is 0 Å². The van der Waals surface area contributed by atoms with Crippen molar-refractivity contribution < 1.29 is 9.32 Å². The summed E-state index contributed by atoms with van der Waals surface area (Å²) in [6.45, 7) is 0.377. The maximum Gasteiger partial charge on any atom is 0.277 e. The molecule has 4 aromatic rings. The molecule has 0 saturated heterocycles. The van der Waals surface area contributed by atoms with E-state index in [1.807, 2.05) is 6.07 Å². The molecule has 0 spiro atoms. The third kappa shape index (κ3) is 3.90. The van der Waals surface area contributed by atoms with Crippen molar-refractivity contribution in [2.45, 2.75) is 6.54 Å². The van der Waals surface area contributed by atoms with Crippen LogP contribution < -0.4 is 5.32 Å². The molecule has 3 heterocycles. The second-order valence-corrected chi connectivity index (χ2v) is 6.69. The molecule has 0 unspecified atom stereocenters. The summed E-state index contributed by atoms with van der Waals surface area (Å²) in [5, 5.41) is 11.9. The van der Waals surface area contributed by atoms with Crippen molar-refractivity contribution in [3.8, 4) is 11.5 Å². The zero-order chi connectivity index (χ0) is 19.5. The highest BCUT2D eigenvalue weighted by Crippen LogP contribution is 2.25. The van der Waals surface area contributed by atoms with E-state index in [0.717, 1.165) is 5.56 Å². The number of nitrogens with one attached hydrogen (secondary N) is 1. The molecule has 140 valence electrons. The van der Waals surface area contributed by atoms with Gasteiger partial charge in [-0.3, -0.25) is 14.5 Å². The van der Waals surface area contributed by atoms with Gasteiger partial charge in [0.15, 0.2) is 11.5 Å². The Morgan fingerprint density at radius 2 is 1.96 bits per heavy atom. The van der Waals surface area contributed by atoms with E-state index in [-0.39, 0.29) is 5.69 Å². The molecule has 0 atom stereocenters. The van der Waals surface area contributed by atoms with Crippen LogP contribution in [-0.4, -0.2) is 25.8 Å². The average molecular weight is 414 g/mol. The Hall–Kier alpha value is -3.16. The van der Waals surface area contributed by atoms with Gasteiger partial charge >= 0.3 is 0 Å². The van der Waals surface area contributed by atoms with E-state index in [2.05, 4.69) is 20.6 Å². The summed E-state index contributed by atoms with van der Waals surface area (Å²) < 4.78 is 6.83. The maximum atomic E-state index is 12.4. The van der Waals surface area contributed by atoms with Crippen molar-refractivity contribution in [3.05, 3.63) is 82.4 Å². The highest BCUT2D eigenvalue weighted by Gasteiger charge is 2.15. The van der Waals surface area contributed by atoms with Crippen LogP contribution in [0.5, 0.6) is 0 Å². The van der Waals surface area contributed by atoms with Crippen LogP contribution in [0.2, 0.25) is 10.0 Å². The number of nitrogens with zero attached hydrogens (tertiary/aromatic N) is 4. The standard InChI is InChI=1S/C19H13Cl2N5O2/c20-14-4-3-5-15(21)13(14)11-26-10-12(9-23-26)24-19(27)17-8-18(28-25-17)16-6-1-2-7-22-16/h1-10H,11H2,(H,24,27). The molecule has 4 rings (SSSR count). The lowest BCUT2D eigenvalue weighted by atomic mass is 10.2. The minimum absolute atomic E-state index is 0.141. The second kappa shape index (κ2) is 7.84. The predicted molar refractivity (Wildman–Crippen MR) is 105 cm³/mol. The lowest BCUT2D eigenvalue weighted by Crippen LogP contribution is -2.11. The molecule has 9 heteroatoms. The molecular weight excluding hydrogens is 401 g/mol. The molecule has 28 heavy (non-hydrogen) atoms. The Morgan fingerprint density at radius 1 is 1.14 bits per heavy atom. The fourth-order valence-electron chi connectivity index (χ4n) is 2.57. The number of amides is 1. The third-order valence-electron chi connectivity index (χ3n) is 3.93. The Morgan fingerprint density at radius 3 is 2.71 bits per heavy atom. The molecule has 0 aliphatic carbocycles. The van der Waals surface area contributed by atoms with Crippen LogP contribution in [0, 0.1) is 0 Å². The van der Waals surface area contributed by atoms with E-state index in [1.54, 1.807) is 47.4 Å². The molecule has 3 aromatic heterocycles. The van der Waals surface area contributed by atoms with Gasteiger partial charge in [0.25, 0.3) is 5.91 Å². The van der Waals surface area contributed by atoms with Crippen molar-refractivity contribution in [3.63, 3.8) is 0 Å². The summed E-state index contributed by atoms with van der Waals surface area (Å²) in [7, 11) is 0. The van der Waals surface area contributed by atoms with E-state index in [1.165, 1.54) is 12.3 Å². The number of hydrogen-bond acceptors (Lipinski definition) is 5. The van der Waals surface area contributed by atoms with Crippen molar-refractivity contribution >= 4 is 34.8 Å². The Bertz CT molecular complexity index is 1100. The van der Waals surface area contributed by atoms with Crippen molar-refractivity contribution in [2.75, 3.05) is 5.32 Å². The molecule has 0 aliphatic heterocycles. The number of carbonyl (C=O) groups excluding carboxylic acids is 1. The number of pyridine rings is 1. The normalized spacial score (nSPS) is 10.8. The molecule has 0 radical (unpaired) electrons. The summed E-state index contributed by atoms with van der Waals surface area (Å²) in [6, 6.07) is 12.2. The number of carbonyl (C=O) groups is 1. The lowest BCUT2D eigenvalue weighted by molar-refractivity contribution is 0.101. The monoisotopic (exact) mass is 413 g/mol. The van der Waals surface area contributed by atoms with Gasteiger partial charge in [-0.2, -0.15) is 5.10 Å². The molecule has 0 fully saturated rings. The molecule has 1 N–H and O–H groups in total. The number of anilines is 1. The Kier molecular flexibility index (Phi) is 5.10. The van der Waals surface area contributed by atoms with Crippen LogP contribution in [0.3, 0.4) is 0 Å². The smallest absolute Gasteiger partial charge is 0.277 e. The molecule has 0 bridgehead atoms. The van der Waals surface area contributed by atoms with Gasteiger partial charge in [0.1, 0.15) is 5.69 Å². The van der Waals surface area contributed by atoms with Gasteiger partial charge in [0, 0.05) is 34.1 Å². The summed E-state index contributed by atoms with van der Waals surface area (Å²) in [5.41, 5.74) is 2.00. The van der Waals surface area contributed by atoms with E-state index in [0.29, 0.717) is 33.7 Å². The van der Waals surface area contributed by atoms with Crippen LogP contribution in [0.25, 0.3) is 11.5 Å². The van der Waals surface area contributed by atoms with E-state index < -0.39 is 5.91 Å². The number of hydrogen-bond donors (Lipinski definition) is 1. The van der Waals surface area contributed by atoms with E-state index >= 15 is 0 Å². The second-order valence-electron chi connectivity index (χ2n) is 5.87. The van der Waals surface area contributed by atoms with Gasteiger partial charge in [-0.05, 0) is 24.3 Å². The van der Waals surface area contributed by atoms with E-state index in [4.69, 9.17) is 27.7 Å². The Labute approximate surface area is 169 Å². The molecular formula is C19H13Cl2N5O2. The average Bonchev–Trinajstić information content (AvgIpc) is 3.35. The molecule has 1 amide bonds. The number of benzene rings is 1. The van der Waals surface area contributed by atoms with Crippen LogP contribution in [0.4, 0.5) is 5.69 Å². The number of halogens is 2. The van der Waals surface area contributed by atoms with Crippen molar-refractivity contribution in [1.29, 1.82) is 0 Å². The van der Waals surface area contributed by atoms with Gasteiger partial charge in [-0.15, -0.1) is 0 Å². The van der Waals surface area contributed by atoms with Crippen molar-refractivity contribution in [2.24, 2.45) is 0 Å². The van der Waals surface area contributed by atoms with Crippen molar-refractivity contribution in [1.82, 2.24) is 19.9 Å². The largest absolute Gasteiger partial charge is 0.354 e. The zero-order valence-corrected chi connectivity index (χ0v) is 15.9. The van der Waals surface area contributed by atoms with Gasteiger partial charge < -0.3 is 9.84 Å². The first kappa shape index (κ1) is 18.2. The summed E-state index contributed by atoms with van der Waals surface area (Å²) >= 11 is 12.4. The molecule has 1 aromatic carbocycles. The van der Waals surface area contributed by atoms with Crippen LogP contribution >= 0.6 is 23.2 Å². The minimum atomic E-state index is -0.416. The Balaban J connectivity index is 1.45. The summed E-state index contributed by atoms with van der Waals surface area (Å²) in [4.78, 5) is 16.6. The third-order valence-corrected chi connectivity index (χ3v) is 4.64. The van der Waals surface area contributed by atoms with Gasteiger partial charge in [-0.25, -0.2) is 0 Å². The quantitative estimate of drug-likeness (QED) is 0.518. The topological polar surface area (TPSA) is 85.8 Å². The summed E-state index contributed by atoms with van der Waals surface area (Å²) in [5.74, 6) is -0.00364. The van der Waals surface area contributed by atoms with E-state index in [9.17, 15) is 4.79 Å². The fraction of sp³-hybridized carbons (Fsp3) is 0.0526. The highest BCUT2D eigenvalue weighted by molar-refractivity contribution is 6.35. The first-order valence-electron chi connectivity index (χ1n) is 8.25. The molecule has 0 aliphatic rings. The molecule has 7 nitrogen and oxygen atoms in total. The SMILES string of the molecule is O=C(Nc1cnn(Cc2c(Cl)cccc2Cl)c1)c1cc(-c2ccccn2)on1. The summed E-state index contributed by atoms with van der Waals surface area (Å²) in [6.07, 6.45) is 4.84. The maximum absolute atomic E-state index is 12.4. The van der Waals surface area contributed by atoms with Gasteiger partial charge in [0.05, 0.1) is 18.4 Å². The van der Waals surface area contributed by atoms with Crippen LogP contribution in [0.1, 0.15) is 16.1 Å². The molecule has 0 saturated carbocycles. The first-order valence-corrected chi connectivity index (χ1v) is 9.00. The first-order chi connectivity index (χ1) is 13.6. The van der Waals surface area contributed by atoms with Gasteiger partial charge in [-0.1, -0.05) is 40.5 Å². The highest BCUT2D eigenvalue weighted by atomic mass is 35.5. The predicted octanol–water partition coefficient (Wildman–Crippen LogP) is 4.54. The zero-order valence-electron chi connectivity index (χ0n) is 14.3.